The standard InChI is InChI=1S/C21H27F2N3O4/c1-13-8-20(2,3)12-21(9-13)17(28)26(19(29)25-21)11-16(27)24-10-14-5-4-6-15(7-14)30-18(22)23/h4-7,13,18H,8-12H2,1-3H3,(H,24,27)(H,25,29). The highest BCUT2D eigenvalue weighted by atomic mass is 19.3. The number of rotatable bonds is 6. The van der Waals surface area contributed by atoms with E-state index in [1.165, 1.54) is 18.2 Å². The molecule has 2 unspecified atom stereocenters. The first-order valence-corrected chi connectivity index (χ1v) is 9.94. The number of alkyl halides is 2. The van der Waals surface area contributed by atoms with Crippen molar-refractivity contribution in [3.05, 3.63) is 29.8 Å². The van der Waals surface area contributed by atoms with Gasteiger partial charge in [0.1, 0.15) is 17.8 Å². The predicted molar refractivity (Wildman–Crippen MR) is 105 cm³/mol. The molecule has 2 N–H and O–H groups in total. The van der Waals surface area contributed by atoms with Crippen molar-refractivity contribution >= 4 is 17.8 Å². The van der Waals surface area contributed by atoms with Crippen LogP contribution in [0.5, 0.6) is 5.75 Å². The zero-order valence-electron chi connectivity index (χ0n) is 17.3. The molecule has 1 aliphatic heterocycles. The molecule has 2 atom stereocenters. The molecule has 30 heavy (non-hydrogen) atoms. The van der Waals surface area contributed by atoms with Crippen LogP contribution in [0.1, 0.15) is 45.6 Å². The van der Waals surface area contributed by atoms with Gasteiger partial charge in [0.2, 0.25) is 5.91 Å². The molecular formula is C21H27F2N3O4. The summed E-state index contributed by atoms with van der Waals surface area (Å²) in [7, 11) is 0. The lowest BCUT2D eigenvalue weighted by atomic mass is 9.64. The number of hydrogen-bond donors (Lipinski definition) is 2. The number of ether oxygens (including phenoxy) is 1. The number of carbonyl (C=O) groups is 3. The van der Waals surface area contributed by atoms with E-state index in [1.54, 1.807) is 6.07 Å². The van der Waals surface area contributed by atoms with Crippen LogP contribution in [0.4, 0.5) is 13.6 Å². The van der Waals surface area contributed by atoms with Crippen LogP contribution in [0, 0.1) is 11.3 Å². The van der Waals surface area contributed by atoms with Crippen molar-refractivity contribution in [3.63, 3.8) is 0 Å². The summed E-state index contributed by atoms with van der Waals surface area (Å²) in [5.74, 6) is -0.621. The van der Waals surface area contributed by atoms with Crippen molar-refractivity contribution < 1.29 is 27.9 Å². The molecule has 1 saturated heterocycles. The number of imide groups is 1. The molecule has 0 bridgehead atoms. The van der Waals surface area contributed by atoms with Crippen molar-refractivity contribution in [2.24, 2.45) is 11.3 Å². The Morgan fingerprint density at radius 3 is 2.73 bits per heavy atom. The van der Waals surface area contributed by atoms with Gasteiger partial charge in [0, 0.05) is 6.54 Å². The summed E-state index contributed by atoms with van der Waals surface area (Å²) in [6.45, 7) is 2.93. The SMILES string of the molecule is CC1CC(C)(C)CC2(C1)NC(=O)N(CC(=O)NCc1cccc(OC(F)F)c1)C2=O. The van der Waals surface area contributed by atoms with E-state index >= 15 is 0 Å². The highest BCUT2D eigenvalue weighted by Gasteiger charge is 2.56. The average Bonchev–Trinajstić information content (AvgIpc) is 2.81. The van der Waals surface area contributed by atoms with Gasteiger partial charge in [-0.15, -0.1) is 0 Å². The average molecular weight is 423 g/mol. The molecule has 7 nitrogen and oxygen atoms in total. The number of carbonyl (C=O) groups excluding carboxylic acids is 3. The van der Waals surface area contributed by atoms with Gasteiger partial charge in [-0.05, 0) is 48.3 Å². The van der Waals surface area contributed by atoms with Crippen LogP contribution in [0.2, 0.25) is 0 Å². The first kappa shape index (κ1) is 22.0. The lowest BCUT2D eigenvalue weighted by Crippen LogP contribution is -2.54. The molecule has 2 aliphatic rings. The van der Waals surface area contributed by atoms with E-state index in [4.69, 9.17) is 0 Å². The van der Waals surface area contributed by atoms with Crippen LogP contribution < -0.4 is 15.4 Å². The van der Waals surface area contributed by atoms with Crippen molar-refractivity contribution in [1.29, 1.82) is 0 Å². The van der Waals surface area contributed by atoms with E-state index in [9.17, 15) is 23.2 Å². The smallest absolute Gasteiger partial charge is 0.387 e. The summed E-state index contributed by atoms with van der Waals surface area (Å²) in [4.78, 5) is 38.8. The van der Waals surface area contributed by atoms with E-state index in [2.05, 4.69) is 36.1 Å². The number of urea groups is 1. The molecule has 164 valence electrons. The quantitative estimate of drug-likeness (QED) is 0.689. The first-order valence-electron chi connectivity index (χ1n) is 9.94. The minimum absolute atomic E-state index is 0.0122. The second kappa shape index (κ2) is 8.20. The van der Waals surface area contributed by atoms with Crippen LogP contribution in [0.15, 0.2) is 24.3 Å². The van der Waals surface area contributed by atoms with Gasteiger partial charge in [-0.2, -0.15) is 8.78 Å². The molecular weight excluding hydrogens is 396 g/mol. The fourth-order valence-corrected chi connectivity index (χ4v) is 4.88. The van der Waals surface area contributed by atoms with E-state index in [0.717, 1.165) is 11.3 Å². The number of hydrogen-bond acceptors (Lipinski definition) is 4. The number of amides is 4. The second-order valence-electron chi connectivity index (χ2n) is 9.06. The largest absolute Gasteiger partial charge is 0.435 e. The summed E-state index contributed by atoms with van der Waals surface area (Å²) in [5.41, 5.74) is -0.498. The summed E-state index contributed by atoms with van der Waals surface area (Å²) >= 11 is 0. The Balaban J connectivity index is 1.60. The Hall–Kier alpha value is -2.71. The molecule has 0 aromatic heterocycles. The molecule has 0 radical (unpaired) electrons. The first-order chi connectivity index (χ1) is 14.0. The summed E-state index contributed by atoms with van der Waals surface area (Å²) in [6.07, 6.45) is 2.05. The van der Waals surface area contributed by atoms with Gasteiger partial charge in [0.05, 0.1) is 0 Å². The van der Waals surface area contributed by atoms with Crippen molar-refractivity contribution in [3.8, 4) is 5.75 Å². The van der Waals surface area contributed by atoms with Gasteiger partial charge in [-0.3, -0.25) is 14.5 Å². The van der Waals surface area contributed by atoms with E-state index in [-0.39, 0.29) is 29.5 Å². The fourth-order valence-electron chi connectivity index (χ4n) is 4.88. The fraction of sp³-hybridized carbons (Fsp3) is 0.571. The molecule has 1 aromatic carbocycles. The minimum atomic E-state index is -2.94. The lowest BCUT2D eigenvalue weighted by Gasteiger charge is -2.43. The minimum Gasteiger partial charge on any atom is -0.435 e. The van der Waals surface area contributed by atoms with E-state index in [0.29, 0.717) is 18.4 Å². The van der Waals surface area contributed by atoms with Gasteiger partial charge < -0.3 is 15.4 Å². The molecule has 1 aromatic rings. The Morgan fingerprint density at radius 1 is 1.33 bits per heavy atom. The van der Waals surface area contributed by atoms with Crippen molar-refractivity contribution in [2.45, 2.75) is 58.7 Å². The number of halogens is 2. The maximum atomic E-state index is 13.1. The Morgan fingerprint density at radius 2 is 2.07 bits per heavy atom. The molecule has 1 aliphatic carbocycles. The zero-order valence-corrected chi connectivity index (χ0v) is 17.3. The second-order valence-corrected chi connectivity index (χ2v) is 9.06. The molecule has 1 spiro atoms. The molecule has 3 rings (SSSR count). The van der Waals surface area contributed by atoms with Crippen LogP contribution >= 0.6 is 0 Å². The Bertz CT molecular complexity index is 845. The number of nitrogens with one attached hydrogen (secondary N) is 2. The molecule has 2 fully saturated rings. The van der Waals surface area contributed by atoms with Crippen molar-refractivity contribution in [2.75, 3.05) is 6.54 Å². The highest BCUT2D eigenvalue weighted by Crippen LogP contribution is 2.46. The van der Waals surface area contributed by atoms with Gasteiger partial charge in [-0.25, -0.2) is 4.79 Å². The van der Waals surface area contributed by atoms with Crippen LogP contribution in [-0.2, 0) is 16.1 Å². The molecule has 9 heteroatoms. The monoisotopic (exact) mass is 423 g/mol. The van der Waals surface area contributed by atoms with E-state index < -0.39 is 30.6 Å². The normalized spacial score (nSPS) is 25.5. The number of benzene rings is 1. The third-order valence-corrected chi connectivity index (χ3v) is 5.54. The maximum Gasteiger partial charge on any atom is 0.387 e. The van der Waals surface area contributed by atoms with Crippen LogP contribution in [0.3, 0.4) is 0 Å². The maximum absolute atomic E-state index is 13.1. The Kier molecular flexibility index (Phi) is 6.01. The third kappa shape index (κ3) is 4.88. The lowest BCUT2D eigenvalue weighted by molar-refractivity contribution is -0.137. The summed E-state index contributed by atoms with van der Waals surface area (Å²) in [5, 5.41) is 5.44. The van der Waals surface area contributed by atoms with Crippen LogP contribution in [0.25, 0.3) is 0 Å². The predicted octanol–water partition coefficient (Wildman–Crippen LogP) is 3.04. The molecule has 1 saturated carbocycles. The van der Waals surface area contributed by atoms with Crippen LogP contribution in [-0.4, -0.2) is 41.4 Å². The third-order valence-electron chi connectivity index (χ3n) is 5.54. The number of nitrogens with zero attached hydrogens (tertiary/aromatic N) is 1. The van der Waals surface area contributed by atoms with Gasteiger partial charge >= 0.3 is 12.6 Å². The van der Waals surface area contributed by atoms with E-state index in [1.807, 2.05) is 0 Å². The molecule has 1 heterocycles. The van der Waals surface area contributed by atoms with Gasteiger partial charge in [0.25, 0.3) is 5.91 Å². The summed E-state index contributed by atoms with van der Waals surface area (Å²) < 4.78 is 29.0. The van der Waals surface area contributed by atoms with Gasteiger partial charge in [-0.1, -0.05) is 32.9 Å². The van der Waals surface area contributed by atoms with Crippen molar-refractivity contribution in [1.82, 2.24) is 15.5 Å². The topological polar surface area (TPSA) is 87.7 Å². The molecule has 4 amide bonds. The summed E-state index contributed by atoms with van der Waals surface area (Å²) in [6, 6.07) is 5.39. The highest BCUT2D eigenvalue weighted by molar-refractivity contribution is 6.09. The zero-order chi connectivity index (χ0) is 22.1. The Labute approximate surface area is 174 Å². The van der Waals surface area contributed by atoms with Gasteiger partial charge in [0.15, 0.2) is 0 Å².